The fraction of sp³-hybridized carbons (Fsp3) is 0.143. The summed E-state index contributed by atoms with van der Waals surface area (Å²) in [5.74, 6) is -0.714. The van der Waals surface area contributed by atoms with Gasteiger partial charge in [0.05, 0.1) is 0 Å². The molecule has 0 saturated heterocycles. The zero-order chi connectivity index (χ0) is 9.64. The van der Waals surface area contributed by atoms with Crippen LogP contribution in [-0.2, 0) is 16.6 Å². The van der Waals surface area contributed by atoms with E-state index in [0.29, 0.717) is 10.0 Å². The van der Waals surface area contributed by atoms with E-state index >= 15 is 0 Å². The first-order valence-corrected chi connectivity index (χ1v) is 5.76. The van der Waals surface area contributed by atoms with Crippen molar-refractivity contribution in [2.24, 2.45) is 0 Å². The number of halogens is 2. The Morgan fingerprint density at radius 2 is 2.15 bits per heavy atom. The molecule has 2 rings (SSSR count). The first-order valence-electron chi connectivity index (χ1n) is 3.48. The van der Waals surface area contributed by atoms with Crippen LogP contribution in [0.3, 0.4) is 0 Å². The molecule has 1 aliphatic heterocycles. The highest BCUT2D eigenvalue weighted by atomic mass is 79.9. The zero-order valence-corrected chi connectivity index (χ0v) is 8.74. The van der Waals surface area contributed by atoms with E-state index < -0.39 is 15.8 Å². The maximum absolute atomic E-state index is 13.2. The van der Waals surface area contributed by atoms with Gasteiger partial charge in [0, 0.05) is 11.0 Å². The van der Waals surface area contributed by atoms with E-state index in [1.807, 2.05) is 0 Å². The molecule has 0 aliphatic carbocycles. The van der Waals surface area contributed by atoms with Crippen LogP contribution in [0.4, 0.5) is 4.39 Å². The average molecular weight is 266 g/mol. The fourth-order valence-corrected chi connectivity index (χ4v) is 3.05. The van der Waals surface area contributed by atoms with Crippen LogP contribution in [-0.4, -0.2) is 8.42 Å². The lowest BCUT2D eigenvalue weighted by Crippen LogP contribution is -2.14. The second kappa shape index (κ2) is 2.76. The number of rotatable bonds is 0. The smallest absolute Gasteiger partial charge is 0.207 e. The fourth-order valence-electron chi connectivity index (χ4n) is 1.29. The molecule has 0 unspecified atom stereocenters. The molecule has 13 heavy (non-hydrogen) atoms. The lowest BCUT2D eigenvalue weighted by molar-refractivity contribution is 0.567. The highest BCUT2D eigenvalue weighted by Gasteiger charge is 2.29. The third-order valence-electron chi connectivity index (χ3n) is 1.81. The van der Waals surface area contributed by atoms with Crippen molar-refractivity contribution >= 4 is 26.0 Å². The SMILES string of the molecule is O=S1(=O)NCc2cc(Br)cc(F)c21. The molecule has 1 N–H and O–H groups in total. The van der Waals surface area contributed by atoms with Crippen molar-refractivity contribution < 1.29 is 12.8 Å². The predicted octanol–water partition coefficient (Wildman–Crippen LogP) is 1.38. The maximum Gasteiger partial charge on any atom is 0.244 e. The number of nitrogens with one attached hydrogen (secondary N) is 1. The van der Waals surface area contributed by atoms with Crippen molar-refractivity contribution in [2.75, 3.05) is 0 Å². The molecule has 1 aromatic carbocycles. The van der Waals surface area contributed by atoms with Crippen molar-refractivity contribution in [2.45, 2.75) is 11.4 Å². The Morgan fingerprint density at radius 3 is 2.85 bits per heavy atom. The minimum atomic E-state index is -3.60. The van der Waals surface area contributed by atoms with E-state index in [9.17, 15) is 12.8 Å². The third kappa shape index (κ3) is 1.38. The van der Waals surface area contributed by atoms with Gasteiger partial charge in [0.1, 0.15) is 10.7 Å². The molecule has 0 spiro atoms. The Kier molecular flexibility index (Phi) is 1.94. The summed E-state index contributed by atoms with van der Waals surface area (Å²) in [6.07, 6.45) is 0. The molecule has 1 aliphatic rings. The summed E-state index contributed by atoms with van der Waals surface area (Å²) in [5.41, 5.74) is 0.465. The van der Waals surface area contributed by atoms with Crippen LogP contribution in [0.15, 0.2) is 21.5 Å². The second-order valence-electron chi connectivity index (χ2n) is 2.70. The van der Waals surface area contributed by atoms with Crippen LogP contribution in [0.1, 0.15) is 5.56 Å². The lowest BCUT2D eigenvalue weighted by atomic mass is 10.2. The Morgan fingerprint density at radius 1 is 1.46 bits per heavy atom. The molecule has 0 bridgehead atoms. The summed E-state index contributed by atoms with van der Waals surface area (Å²) in [6.45, 7) is 0.161. The van der Waals surface area contributed by atoms with E-state index in [4.69, 9.17) is 0 Å². The maximum atomic E-state index is 13.2. The van der Waals surface area contributed by atoms with Crippen LogP contribution < -0.4 is 4.72 Å². The Hall–Kier alpha value is -0.460. The molecule has 70 valence electrons. The Balaban J connectivity index is 2.80. The third-order valence-corrected chi connectivity index (χ3v) is 3.78. The first kappa shape index (κ1) is 9.11. The van der Waals surface area contributed by atoms with Gasteiger partial charge < -0.3 is 0 Å². The topological polar surface area (TPSA) is 46.2 Å². The average Bonchev–Trinajstić information content (AvgIpc) is 2.26. The summed E-state index contributed by atoms with van der Waals surface area (Å²) < 4.78 is 38.4. The summed E-state index contributed by atoms with van der Waals surface area (Å²) in [5, 5.41) is 0. The van der Waals surface area contributed by atoms with E-state index in [0.717, 1.165) is 6.07 Å². The molecule has 0 aromatic heterocycles. The number of benzene rings is 1. The normalized spacial score (nSPS) is 18.6. The largest absolute Gasteiger partial charge is 0.244 e. The predicted molar refractivity (Wildman–Crippen MR) is 48.1 cm³/mol. The van der Waals surface area contributed by atoms with Gasteiger partial charge >= 0.3 is 0 Å². The van der Waals surface area contributed by atoms with Gasteiger partial charge in [0.15, 0.2) is 0 Å². The van der Waals surface area contributed by atoms with Crippen molar-refractivity contribution in [3.8, 4) is 0 Å². The zero-order valence-electron chi connectivity index (χ0n) is 6.34. The Labute approximate surface area is 83.1 Å². The van der Waals surface area contributed by atoms with Crippen LogP contribution in [0, 0.1) is 5.82 Å². The van der Waals surface area contributed by atoms with Gasteiger partial charge in [-0.05, 0) is 17.7 Å². The van der Waals surface area contributed by atoms with Crippen molar-refractivity contribution in [1.82, 2.24) is 4.72 Å². The molecule has 1 heterocycles. The number of hydrogen-bond donors (Lipinski definition) is 1. The van der Waals surface area contributed by atoms with Crippen LogP contribution in [0.25, 0.3) is 0 Å². The molecular weight excluding hydrogens is 261 g/mol. The van der Waals surface area contributed by atoms with Crippen LogP contribution in [0.5, 0.6) is 0 Å². The monoisotopic (exact) mass is 265 g/mol. The van der Waals surface area contributed by atoms with Gasteiger partial charge in [-0.3, -0.25) is 0 Å². The van der Waals surface area contributed by atoms with Gasteiger partial charge in [-0.2, -0.15) is 0 Å². The van der Waals surface area contributed by atoms with Crippen molar-refractivity contribution in [3.63, 3.8) is 0 Å². The summed E-state index contributed by atoms with van der Waals surface area (Å²) >= 11 is 3.09. The highest BCUT2D eigenvalue weighted by molar-refractivity contribution is 9.10. The molecular formula is C7H5BrFNO2S. The number of sulfonamides is 1. The molecule has 0 radical (unpaired) electrons. The number of hydrogen-bond acceptors (Lipinski definition) is 2. The van der Waals surface area contributed by atoms with Crippen LogP contribution >= 0.6 is 15.9 Å². The second-order valence-corrected chi connectivity index (χ2v) is 5.32. The molecule has 6 heteroatoms. The van der Waals surface area contributed by atoms with E-state index in [-0.39, 0.29) is 11.4 Å². The minimum Gasteiger partial charge on any atom is -0.207 e. The molecule has 3 nitrogen and oxygen atoms in total. The van der Waals surface area contributed by atoms with Gasteiger partial charge in [-0.25, -0.2) is 17.5 Å². The van der Waals surface area contributed by atoms with Gasteiger partial charge in [0.25, 0.3) is 0 Å². The minimum absolute atomic E-state index is 0.161. The molecule has 0 saturated carbocycles. The van der Waals surface area contributed by atoms with Gasteiger partial charge in [0.2, 0.25) is 10.0 Å². The first-order chi connectivity index (χ1) is 6.00. The van der Waals surface area contributed by atoms with Gasteiger partial charge in [-0.1, -0.05) is 15.9 Å². The summed E-state index contributed by atoms with van der Waals surface area (Å²) in [7, 11) is -3.60. The molecule has 1 aromatic rings. The van der Waals surface area contributed by atoms with E-state index in [1.54, 1.807) is 6.07 Å². The number of fused-ring (bicyclic) bond motifs is 1. The van der Waals surface area contributed by atoms with Crippen LogP contribution in [0.2, 0.25) is 0 Å². The van der Waals surface area contributed by atoms with E-state index in [1.165, 1.54) is 0 Å². The Bertz CT molecular complexity index is 472. The lowest BCUT2D eigenvalue weighted by Gasteiger charge is -1.99. The highest BCUT2D eigenvalue weighted by Crippen LogP contribution is 2.28. The molecule has 0 fully saturated rings. The van der Waals surface area contributed by atoms with Crippen molar-refractivity contribution in [3.05, 3.63) is 28.0 Å². The van der Waals surface area contributed by atoms with E-state index in [2.05, 4.69) is 20.7 Å². The van der Waals surface area contributed by atoms with Crippen molar-refractivity contribution in [1.29, 1.82) is 0 Å². The summed E-state index contributed by atoms with van der Waals surface area (Å²) in [6, 6.07) is 2.74. The van der Waals surface area contributed by atoms with Gasteiger partial charge in [-0.15, -0.1) is 0 Å². The molecule has 0 amide bonds. The summed E-state index contributed by atoms with van der Waals surface area (Å²) in [4.78, 5) is -0.226. The standard InChI is InChI=1S/C7H5BrFNO2S/c8-5-1-4-3-10-13(11,12)7(4)6(9)2-5/h1-2,10H,3H2. The quantitative estimate of drug-likeness (QED) is 0.771. The molecule has 0 atom stereocenters.